The Labute approximate surface area is 209 Å². The van der Waals surface area contributed by atoms with Crippen LogP contribution in [0.1, 0.15) is 17.0 Å². The fourth-order valence-electron chi connectivity index (χ4n) is 3.11. The van der Waals surface area contributed by atoms with Crippen molar-refractivity contribution in [1.29, 1.82) is 5.26 Å². The molecule has 0 saturated heterocycles. The predicted molar refractivity (Wildman–Crippen MR) is 122 cm³/mol. The molecule has 14 heteroatoms. The summed E-state index contributed by atoms with van der Waals surface area (Å²) in [5.41, 5.74) is -2.84. The lowest BCUT2D eigenvalue weighted by Gasteiger charge is -2.15. The van der Waals surface area contributed by atoms with Crippen molar-refractivity contribution in [3.63, 3.8) is 0 Å². The molecule has 0 bridgehead atoms. The molecule has 4 aromatic rings. The summed E-state index contributed by atoms with van der Waals surface area (Å²) in [6.07, 6.45) is -3.00. The molecule has 1 aromatic carbocycles. The molecule has 0 radical (unpaired) electrons. The van der Waals surface area contributed by atoms with Crippen molar-refractivity contribution in [2.45, 2.75) is 12.7 Å². The second-order valence-corrected chi connectivity index (χ2v) is 8.08. The molecule has 0 amide bonds. The van der Waals surface area contributed by atoms with Gasteiger partial charge in [-0.1, -0.05) is 23.2 Å². The van der Waals surface area contributed by atoms with Gasteiger partial charge >= 0.3 is 6.18 Å². The quantitative estimate of drug-likeness (QED) is 0.401. The van der Waals surface area contributed by atoms with Crippen molar-refractivity contribution in [2.24, 2.45) is 0 Å². The zero-order chi connectivity index (χ0) is 26.0. The number of rotatable bonds is 5. The molecule has 0 aliphatic heterocycles. The number of H-pyrrole nitrogens is 1. The Morgan fingerprint density at radius 3 is 2.53 bits per heavy atom. The van der Waals surface area contributed by atoms with Gasteiger partial charge in [0.05, 0.1) is 46.5 Å². The lowest BCUT2D eigenvalue weighted by Crippen LogP contribution is -2.27. The fourth-order valence-corrected chi connectivity index (χ4v) is 3.45. The first-order chi connectivity index (χ1) is 17.0. The zero-order valence-corrected chi connectivity index (χ0v) is 19.2. The van der Waals surface area contributed by atoms with E-state index in [2.05, 4.69) is 20.2 Å². The molecule has 0 saturated carbocycles. The molecule has 3 heterocycles. The van der Waals surface area contributed by atoms with Gasteiger partial charge in [-0.3, -0.25) is 19.1 Å². The number of nitriles is 1. The lowest BCUT2D eigenvalue weighted by molar-refractivity contribution is -0.142. The van der Waals surface area contributed by atoms with Crippen molar-refractivity contribution >= 4 is 23.2 Å². The first-order valence-electron chi connectivity index (χ1n) is 9.81. The molecule has 4 rings (SSSR count). The number of hydrogen-bond acceptors (Lipinski definition) is 7. The maximum absolute atomic E-state index is 13.6. The van der Waals surface area contributed by atoms with Crippen molar-refractivity contribution in [2.75, 3.05) is 0 Å². The van der Waals surface area contributed by atoms with Crippen LogP contribution in [-0.2, 0) is 12.7 Å². The molecule has 3 aromatic heterocycles. The van der Waals surface area contributed by atoms with Crippen LogP contribution in [0.3, 0.4) is 0 Å². The molecular weight excluding hydrogens is 524 g/mol. The number of aromatic nitrogens is 5. The van der Waals surface area contributed by atoms with E-state index in [1.54, 1.807) is 6.07 Å². The Bertz CT molecular complexity index is 1610. The maximum atomic E-state index is 13.6. The minimum Gasteiger partial charge on any atom is -0.449 e. The van der Waals surface area contributed by atoms with E-state index in [-0.39, 0.29) is 39.8 Å². The van der Waals surface area contributed by atoms with Gasteiger partial charge in [0.25, 0.3) is 11.1 Å². The number of ether oxygens (including phenoxy) is 1. The number of aromatic amines is 1. The third kappa shape index (κ3) is 5.37. The summed E-state index contributed by atoms with van der Waals surface area (Å²) in [6.45, 7) is -0.364. The average molecular weight is 535 g/mol. The van der Waals surface area contributed by atoms with Gasteiger partial charge in [-0.15, -0.1) is 0 Å². The topological polar surface area (TPSA) is 127 Å². The van der Waals surface area contributed by atoms with Crippen LogP contribution in [0.25, 0.3) is 11.3 Å². The summed E-state index contributed by atoms with van der Waals surface area (Å²) < 4.78 is 46.8. The predicted octanol–water partition coefficient (Wildman–Crippen LogP) is 4.43. The highest BCUT2D eigenvalue weighted by Gasteiger charge is 2.38. The summed E-state index contributed by atoms with van der Waals surface area (Å²) in [5.74, 6) is -1.39. The van der Waals surface area contributed by atoms with Crippen molar-refractivity contribution in [3.8, 4) is 28.8 Å². The highest BCUT2D eigenvalue weighted by Crippen LogP contribution is 2.35. The van der Waals surface area contributed by atoms with Crippen LogP contribution in [0, 0.1) is 11.3 Å². The second-order valence-electron chi connectivity index (χ2n) is 7.21. The van der Waals surface area contributed by atoms with E-state index < -0.39 is 28.7 Å². The van der Waals surface area contributed by atoms with Crippen LogP contribution in [0.5, 0.6) is 11.5 Å². The van der Waals surface area contributed by atoms with E-state index in [1.165, 1.54) is 30.5 Å². The van der Waals surface area contributed by atoms with E-state index in [1.807, 2.05) is 0 Å². The Morgan fingerprint density at radius 2 is 1.86 bits per heavy atom. The molecule has 0 aliphatic carbocycles. The third-order valence-electron chi connectivity index (χ3n) is 4.68. The maximum Gasteiger partial charge on any atom is 0.437 e. The van der Waals surface area contributed by atoms with E-state index in [4.69, 9.17) is 33.2 Å². The molecule has 0 aliphatic rings. The molecule has 0 fully saturated rings. The monoisotopic (exact) mass is 534 g/mol. The van der Waals surface area contributed by atoms with E-state index in [0.29, 0.717) is 11.3 Å². The van der Waals surface area contributed by atoms with E-state index in [0.717, 1.165) is 16.7 Å². The Hall–Kier alpha value is -4.21. The van der Waals surface area contributed by atoms with E-state index >= 15 is 0 Å². The smallest absolute Gasteiger partial charge is 0.437 e. The van der Waals surface area contributed by atoms with Crippen LogP contribution < -0.4 is 15.9 Å². The number of nitrogens with one attached hydrogen (secondary N) is 1. The number of pyridine rings is 1. The van der Waals surface area contributed by atoms with Crippen LogP contribution in [0.2, 0.25) is 10.0 Å². The summed E-state index contributed by atoms with van der Waals surface area (Å²) in [4.78, 5) is 32.7. The highest BCUT2D eigenvalue weighted by molar-refractivity contribution is 6.31. The number of nitrogens with zero attached hydrogens (tertiary/aromatic N) is 5. The summed E-state index contributed by atoms with van der Waals surface area (Å²) >= 11 is 11.7. The Balaban J connectivity index is 1.76. The zero-order valence-electron chi connectivity index (χ0n) is 17.7. The van der Waals surface area contributed by atoms with Crippen LogP contribution in [0.4, 0.5) is 13.2 Å². The van der Waals surface area contributed by atoms with Crippen molar-refractivity contribution in [1.82, 2.24) is 24.7 Å². The molecule has 9 nitrogen and oxygen atoms in total. The van der Waals surface area contributed by atoms with E-state index in [9.17, 15) is 22.8 Å². The molecule has 0 spiro atoms. The third-order valence-corrected chi connectivity index (χ3v) is 5.12. The SMILES string of the molecule is N#Cc1cc(Cl)cc(Oc2c(C(F)(F)F)ncn(Cc3cc(-c4ccc(Cl)cn4)c(=O)[nH]n3)c2=O)c1. The fraction of sp³-hybridized carbons (Fsp3) is 0.0909. The van der Waals surface area contributed by atoms with Gasteiger partial charge in [-0.2, -0.15) is 23.5 Å². The van der Waals surface area contributed by atoms with Gasteiger partial charge in [0, 0.05) is 11.2 Å². The van der Waals surface area contributed by atoms with Gasteiger partial charge < -0.3 is 4.74 Å². The van der Waals surface area contributed by atoms with Gasteiger partial charge in [0.1, 0.15) is 5.75 Å². The summed E-state index contributed by atoms with van der Waals surface area (Å²) in [6, 6.07) is 9.67. The highest BCUT2D eigenvalue weighted by atomic mass is 35.5. The van der Waals surface area contributed by atoms with Gasteiger partial charge in [0.15, 0.2) is 5.69 Å². The average Bonchev–Trinajstić information content (AvgIpc) is 2.82. The molecular formula is C22H11Cl2F3N6O3. The number of halogens is 5. The van der Waals surface area contributed by atoms with Crippen molar-refractivity contribution < 1.29 is 17.9 Å². The normalized spacial score (nSPS) is 11.2. The minimum absolute atomic E-state index is 0.0102. The Morgan fingerprint density at radius 1 is 1.08 bits per heavy atom. The number of benzene rings is 1. The molecule has 182 valence electrons. The molecule has 1 N–H and O–H groups in total. The Kier molecular flexibility index (Phi) is 6.78. The van der Waals surface area contributed by atoms with Crippen LogP contribution in [-0.4, -0.2) is 24.7 Å². The largest absolute Gasteiger partial charge is 0.449 e. The van der Waals surface area contributed by atoms with Gasteiger partial charge in [0.2, 0.25) is 5.75 Å². The molecule has 36 heavy (non-hydrogen) atoms. The second kappa shape index (κ2) is 9.80. The minimum atomic E-state index is -5.02. The van der Waals surface area contributed by atoms with Gasteiger partial charge in [-0.25, -0.2) is 10.1 Å². The number of hydrogen-bond donors (Lipinski definition) is 1. The summed E-state index contributed by atoms with van der Waals surface area (Å²) in [5, 5.41) is 15.5. The summed E-state index contributed by atoms with van der Waals surface area (Å²) in [7, 11) is 0. The van der Waals surface area contributed by atoms with Gasteiger partial charge in [-0.05, 0) is 36.4 Å². The van der Waals surface area contributed by atoms with Crippen LogP contribution >= 0.6 is 23.2 Å². The molecule has 0 unspecified atom stereocenters. The lowest BCUT2D eigenvalue weighted by atomic mass is 10.1. The number of alkyl halides is 3. The molecule has 0 atom stereocenters. The first-order valence-corrected chi connectivity index (χ1v) is 10.6. The standard InChI is InChI=1S/C22H11Cl2F3N6O3/c23-12-1-2-17(29-8-12)16-6-14(31-32-20(16)34)9-33-10-30-19(22(25,26)27)18(21(33)35)36-15-4-11(7-28)3-13(24)5-15/h1-6,8,10H,9H2,(H,32,34). The van der Waals surface area contributed by atoms with Crippen LogP contribution in [0.15, 0.2) is 58.5 Å². The first kappa shape index (κ1) is 24.9. The van der Waals surface area contributed by atoms with Crippen molar-refractivity contribution in [3.05, 3.63) is 96.6 Å².